The molecule has 0 fully saturated rings. The summed E-state index contributed by atoms with van der Waals surface area (Å²) < 4.78 is 55.2. The molecule has 1 spiro atoms. The number of anilines is 1. The molecule has 3 aromatic rings. The van der Waals surface area contributed by atoms with Crippen molar-refractivity contribution in [1.29, 1.82) is 0 Å². The smallest absolute Gasteiger partial charge is 0.471 e. The van der Waals surface area contributed by atoms with Crippen LogP contribution in [0.3, 0.4) is 0 Å². The first-order chi connectivity index (χ1) is 17.6. The Bertz CT molecular complexity index is 1450. The third-order valence-electron chi connectivity index (χ3n) is 5.68. The molecule has 13 heteroatoms. The number of aliphatic imine (C=N–C) groups is 1. The number of amidine groups is 1. The van der Waals surface area contributed by atoms with Crippen molar-refractivity contribution < 1.29 is 37.0 Å². The van der Waals surface area contributed by atoms with Crippen molar-refractivity contribution in [2.24, 2.45) is 4.99 Å². The highest BCUT2D eigenvalue weighted by molar-refractivity contribution is 6.30. The minimum absolute atomic E-state index is 0.113. The molecular formula is C24H16ClF3N4O5. The molecule has 2 aliphatic heterocycles. The Labute approximate surface area is 212 Å². The fraction of sp³-hybridized carbons (Fsp3) is 0.167. The average molecular weight is 533 g/mol. The topological polar surface area (TPSA) is 111 Å². The zero-order valence-electron chi connectivity index (χ0n) is 18.9. The van der Waals surface area contributed by atoms with Gasteiger partial charge in [-0.05, 0) is 48.5 Å². The van der Waals surface area contributed by atoms with Crippen molar-refractivity contribution in [2.45, 2.75) is 11.7 Å². The molecule has 1 aromatic heterocycles. The number of ether oxygens (including phenoxy) is 3. The first-order valence-corrected chi connectivity index (χ1v) is 11.0. The van der Waals surface area contributed by atoms with Crippen LogP contribution in [-0.4, -0.2) is 42.7 Å². The lowest BCUT2D eigenvalue weighted by molar-refractivity contribution is -0.172. The lowest BCUT2D eigenvalue weighted by atomic mass is 9.81. The number of pyridine rings is 1. The maximum atomic E-state index is 12.8. The summed E-state index contributed by atoms with van der Waals surface area (Å²) in [4.78, 5) is 32.5. The molecule has 2 aliphatic rings. The molecule has 190 valence electrons. The predicted octanol–water partition coefficient (Wildman–Crippen LogP) is 4.41. The SMILES string of the molecule is COc1ccc2c(c1)C1(COC(NC(=O)C(F)(F)F)=N1)c1cc(NC(=O)c3ccc(Cl)cn3)ccc1O2. The normalized spacial score (nSPS) is 17.6. The summed E-state index contributed by atoms with van der Waals surface area (Å²) in [5.41, 5.74) is -0.157. The summed E-state index contributed by atoms with van der Waals surface area (Å²) in [6.07, 6.45) is -3.80. The Morgan fingerprint density at radius 2 is 1.78 bits per heavy atom. The fourth-order valence-electron chi connectivity index (χ4n) is 3.96. The molecule has 2 aromatic carbocycles. The largest absolute Gasteiger partial charge is 0.497 e. The van der Waals surface area contributed by atoms with E-state index in [0.717, 1.165) is 0 Å². The molecule has 2 N–H and O–H groups in total. The number of fused-ring (bicyclic) bond motifs is 4. The molecule has 37 heavy (non-hydrogen) atoms. The second-order valence-corrected chi connectivity index (χ2v) is 8.45. The molecule has 0 bridgehead atoms. The van der Waals surface area contributed by atoms with E-state index in [0.29, 0.717) is 39.1 Å². The van der Waals surface area contributed by atoms with Crippen LogP contribution in [-0.2, 0) is 15.1 Å². The van der Waals surface area contributed by atoms with Crippen LogP contribution in [0, 0.1) is 0 Å². The van der Waals surface area contributed by atoms with Crippen LogP contribution in [0.2, 0.25) is 5.02 Å². The number of nitrogens with zero attached hydrogens (tertiary/aromatic N) is 2. The average Bonchev–Trinajstić information content (AvgIpc) is 3.28. The van der Waals surface area contributed by atoms with Crippen LogP contribution in [0.15, 0.2) is 59.7 Å². The number of methoxy groups -OCH3 is 1. The summed E-state index contributed by atoms with van der Waals surface area (Å²) in [5.74, 6) is -1.61. The Balaban J connectivity index is 1.56. The van der Waals surface area contributed by atoms with Gasteiger partial charge in [0, 0.05) is 23.0 Å². The molecule has 5 rings (SSSR count). The molecule has 0 saturated heterocycles. The van der Waals surface area contributed by atoms with Crippen LogP contribution >= 0.6 is 11.6 Å². The minimum Gasteiger partial charge on any atom is -0.497 e. The number of alkyl halides is 3. The van der Waals surface area contributed by atoms with Gasteiger partial charge in [-0.15, -0.1) is 0 Å². The Morgan fingerprint density at radius 1 is 1.05 bits per heavy atom. The van der Waals surface area contributed by atoms with Crippen LogP contribution in [0.5, 0.6) is 17.2 Å². The molecular weight excluding hydrogens is 517 g/mol. The van der Waals surface area contributed by atoms with E-state index in [1.165, 1.54) is 25.4 Å². The highest BCUT2D eigenvalue weighted by Gasteiger charge is 2.49. The van der Waals surface area contributed by atoms with Gasteiger partial charge < -0.3 is 19.5 Å². The number of hydrogen-bond donors (Lipinski definition) is 2. The van der Waals surface area contributed by atoms with E-state index in [9.17, 15) is 22.8 Å². The van der Waals surface area contributed by atoms with Crippen LogP contribution < -0.4 is 20.1 Å². The maximum Gasteiger partial charge on any atom is 0.471 e. The number of nitrogens with one attached hydrogen (secondary N) is 2. The molecule has 0 aliphatic carbocycles. The molecule has 3 heterocycles. The molecule has 9 nitrogen and oxygen atoms in total. The number of rotatable bonds is 3. The van der Waals surface area contributed by atoms with Crippen molar-refractivity contribution in [2.75, 3.05) is 19.0 Å². The molecule has 0 radical (unpaired) electrons. The lowest BCUT2D eigenvalue weighted by Crippen LogP contribution is -2.40. The van der Waals surface area contributed by atoms with Gasteiger partial charge in [0.05, 0.1) is 12.1 Å². The Morgan fingerprint density at radius 3 is 2.46 bits per heavy atom. The Hall–Kier alpha value is -4.32. The third-order valence-corrected chi connectivity index (χ3v) is 5.91. The van der Waals surface area contributed by atoms with E-state index in [1.54, 1.807) is 41.7 Å². The van der Waals surface area contributed by atoms with Gasteiger partial charge in [0.2, 0.25) is 0 Å². The highest BCUT2D eigenvalue weighted by Crippen LogP contribution is 2.52. The van der Waals surface area contributed by atoms with E-state index < -0.39 is 29.6 Å². The van der Waals surface area contributed by atoms with Crippen molar-refractivity contribution in [3.05, 3.63) is 76.6 Å². The van der Waals surface area contributed by atoms with Gasteiger partial charge in [-0.3, -0.25) is 14.9 Å². The van der Waals surface area contributed by atoms with E-state index in [4.69, 9.17) is 25.8 Å². The van der Waals surface area contributed by atoms with Gasteiger partial charge in [-0.2, -0.15) is 13.2 Å². The summed E-state index contributed by atoms with van der Waals surface area (Å²) in [6, 6.07) is 12.0. The summed E-state index contributed by atoms with van der Waals surface area (Å²) in [5, 5.41) is 4.73. The minimum atomic E-state index is -5.14. The standard InChI is InChI=1S/C24H16ClF3N4O5/c1-35-14-4-7-19-16(9-14)23(11-36-22(32-23)31-21(34)24(26,27)28)15-8-13(3-6-18(15)37-19)30-20(33)17-5-2-12(25)10-29-17/h2-10H,11H2,1H3,(H,30,33)(H,31,32,34). The van der Waals surface area contributed by atoms with Gasteiger partial charge >= 0.3 is 12.1 Å². The van der Waals surface area contributed by atoms with Crippen molar-refractivity contribution in [3.63, 3.8) is 0 Å². The van der Waals surface area contributed by atoms with Gasteiger partial charge in [-0.1, -0.05) is 11.6 Å². The highest BCUT2D eigenvalue weighted by atomic mass is 35.5. The van der Waals surface area contributed by atoms with Gasteiger partial charge in [0.1, 0.15) is 29.5 Å². The van der Waals surface area contributed by atoms with Crippen molar-refractivity contribution in [3.8, 4) is 17.2 Å². The van der Waals surface area contributed by atoms with Crippen LogP contribution in [0.25, 0.3) is 0 Å². The van der Waals surface area contributed by atoms with Gasteiger partial charge in [0.15, 0.2) is 5.54 Å². The zero-order chi connectivity index (χ0) is 26.4. The molecule has 2 amide bonds. The molecule has 1 unspecified atom stereocenters. The number of aromatic nitrogens is 1. The number of benzene rings is 2. The molecule has 0 saturated carbocycles. The summed E-state index contributed by atoms with van der Waals surface area (Å²) in [6.45, 7) is -0.257. The quantitative estimate of drug-likeness (QED) is 0.517. The van der Waals surface area contributed by atoms with Gasteiger partial charge in [-0.25, -0.2) is 9.98 Å². The van der Waals surface area contributed by atoms with E-state index in [2.05, 4.69) is 15.3 Å². The van der Waals surface area contributed by atoms with E-state index >= 15 is 0 Å². The third kappa shape index (κ3) is 4.51. The lowest BCUT2D eigenvalue weighted by Gasteiger charge is -2.33. The number of halogens is 4. The maximum absolute atomic E-state index is 12.8. The van der Waals surface area contributed by atoms with Gasteiger partial charge in [0.25, 0.3) is 11.9 Å². The summed E-state index contributed by atoms with van der Waals surface area (Å²) >= 11 is 5.83. The monoisotopic (exact) mass is 532 g/mol. The second-order valence-electron chi connectivity index (χ2n) is 8.01. The van der Waals surface area contributed by atoms with E-state index in [-0.39, 0.29) is 12.3 Å². The number of carbonyl (C=O) groups is 2. The van der Waals surface area contributed by atoms with Crippen molar-refractivity contribution >= 4 is 35.1 Å². The first kappa shape index (κ1) is 24.4. The van der Waals surface area contributed by atoms with E-state index in [1.807, 2.05) is 0 Å². The van der Waals surface area contributed by atoms with Crippen molar-refractivity contribution in [1.82, 2.24) is 10.3 Å². The van der Waals surface area contributed by atoms with Crippen LogP contribution in [0.4, 0.5) is 18.9 Å². The number of carbonyl (C=O) groups excluding carboxylic acids is 2. The van der Waals surface area contributed by atoms with Crippen LogP contribution in [0.1, 0.15) is 21.6 Å². The number of amides is 2. The zero-order valence-corrected chi connectivity index (χ0v) is 19.6. The first-order valence-electron chi connectivity index (χ1n) is 10.6. The Kier molecular flexibility index (Phi) is 5.91. The number of hydrogen-bond acceptors (Lipinski definition) is 7. The predicted molar refractivity (Wildman–Crippen MR) is 125 cm³/mol. The second kappa shape index (κ2) is 8.96. The molecule has 1 atom stereocenters. The fourth-order valence-corrected chi connectivity index (χ4v) is 4.07. The summed E-state index contributed by atoms with van der Waals surface area (Å²) in [7, 11) is 1.45.